The number of quaternary nitrogens is 1. The smallest absolute Gasteiger partial charge is 0.315 e. The van der Waals surface area contributed by atoms with Crippen LogP contribution in [0.2, 0.25) is 0 Å². The average molecular weight is 667 g/mol. The first-order valence-corrected chi connectivity index (χ1v) is 13.9. The molecular weight excluding hydrogens is 629 g/mol. The van der Waals surface area contributed by atoms with Crippen molar-refractivity contribution in [2.45, 2.75) is 45.1 Å². The minimum absolute atomic E-state index is 0. The Labute approximate surface area is 251 Å². The number of benzene rings is 1. The van der Waals surface area contributed by atoms with E-state index in [0.717, 1.165) is 16.2 Å². The molecule has 40 heavy (non-hydrogen) atoms. The van der Waals surface area contributed by atoms with Crippen molar-refractivity contribution in [1.82, 2.24) is 19.9 Å². The lowest BCUT2D eigenvalue weighted by molar-refractivity contribution is -0.929. The van der Waals surface area contributed by atoms with Gasteiger partial charge in [0.2, 0.25) is 0 Å². The van der Waals surface area contributed by atoms with E-state index in [4.69, 9.17) is 9.72 Å². The lowest BCUT2D eigenvalue weighted by atomic mass is 9.87. The van der Waals surface area contributed by atoms with E-state index >= 15 is 0 Å². The molecule has 2 saturated heterocycles. The molecule has 2 aliphatic rings. The van der Waals surface area contributed by atoms with Crippen LogP contribution in [0.25, 0.3) is 22.3 Å². The summed E-state index contributed by atoms with van der Waals surface area (Å²) < 4.78 is 32.7. The van der Waals surface area contributed by atoms with Crippen LogP contribution in [0, 0.1) is 0 Å². The van der Waals surface area contributed by atoms with Crippen molar-refractivity contribution in [2.24, 2.45) is 0 Å². The van der Waals surface area contributed by atoms with E-state index < -0.39 is 18.4 Å². The number of hydrogen-bond donors (Lipinski definition) is 1. The van der Waals surface area contributed by atoms with Crippen LogP contribution in [0.3, 0.4) is 0 Å². The summed E-state index contributed by atoms with van der Waals surface area (Å²) in [5, 5.41) is 3.27. The van der Waals surface area contributed by atoms with Gasteiger partial charge in [-0.15, -0.1) is 0 Å². The number of amides is 1. The van der Waals surface area contributed by atoms with Gasteiger partial charge in [0.25, 0.3) is 5.91 Å². The van der Waals surface area contributed by atoms with Gasteiger partial charge in [-0.2, -0.15) is 8.78 Å². The van der Waals surface area contributed by atoms with Crippen molar-refractivity contribution in [1.29, 1.82) is 0 Å². The number of morpholine rings is 1. The molecule has 2 aromatic heterocycles. The molecule has 1 amide bonds. The zero-order chi connectivity index (χ0) is 27.4. The van der Waals surface area contributed by atoms with Gasteiger partial charge in [-0.1, -0.05) is 24.3 Å². The molecular formula is C29H37F2IN6O2. The largest absolute Gasteiger partial charge is 1.00 e. The number of alkyl halides is 2. The number of aromatic nitrogens is 3. The van der Waals surface area contributed by atoms with Crippen LogP contribution in [-0.4, -0.2) is 95.2 Å². The zero-order valence-corrected chi connectivity index (χ0v) is 25.2. The molecule has 0 spiro atoms. The molecule has 2 fully saturated rings. The minimum atomic E-state index is -3.01. The van der Waals surface area contributed by atoms with E-state index in [1.165, 1.54) is 49.1 Å². The van der Waals surface area contributed by atoms with E-state index in [9.17, 15) is 13.6 Å². The second-order valence-electron chi connectivity index (χ2n) is 10.6. The second kappa shape index (κ2) is 13.4. The number of ether oxygens (including phenoxy) is 1. The summed E-state index contributed by atoms with van der Waals surface area (Å²) >= 11 is 0. The predicted octanol–water partition coefficient (Wildman–Crippen LogP) is 1.33. The lowest BCUT2D eigenvalue weighted by Gasteiger charge is -2.42. The first kappa shape index (κ1) is 30.4. The van der Waals surface area contributed by atoms with Crippen molar-refractivity contribution >= 4 is 22.8 Å². The standard InChI is InChI=1S/C29H37F2N6O2.HI/c1-3-37(4-2)14-9-21(10-15-37)20-5-7-22(8-6-20)24-17-25-26(33-12-11-32-25)28(35-24)34-18-23-19-36(13-16-39-23)29(38)27(30)31;/h5-8,11-12,17,21,23,27H,3-4,9-10,13-16,18-19H2,1-2H3,(H,34,35);1H/q+1;/p-1/t23-;/m1./s1. The molecule has 3 aromatic rings. The Bertz CT molecular complexity index is 1280. The predicted molar refractivity (Wildman–Crippen MR) is 147 cm³/mol. The summed E-state index contributed by atoms with van der Waals surface area (Å²) in [6.07, 6.45) is 2.22. The van der Waals surface area contributed by atoms with Crippen LogP contribution in [0.4, 0.5) is 14.6 Å². The maximum Gasteiger partial charge on any atom is 0.315 e. The number of piperidine rings is 1. The average Bonchev–Trinajstić information content (AvgIpc) is 2.99. The van der Waals surface area contributed by atoms with Gasteiger partial charge in [0.1, 0.15) is 5.52 Å². The van der Waals surface area contributed by atoms with Crippen molar-refractivity contribution in [3.8, 4) is 11.3 Å². The van der Waals surface area contributed by atoms with Gasteiger partial charge in [0.15, 0.2) is 5.82 Å². The van der Waals surface area contributed by atoms with Gasteiger partial charge in [-0.05, 0) is 31.4 Å². The maximum atomic E-state index is 12.9. The maximum absolute atomic E-state index is 12.9. The summed E-state index contributed by atoms with van der Waals surface area (Å²) in [6.45, 7) is 10.2. The summed E-state index contributed by atoms with van der Waals surface area (Å²) in [5.74, 6) is -0.0327. The molecule has 1 N–H and O–H groups in total. The van der Waals surface area contributed by atoms with Gasteiger partial charge < -0.3 is 43.4 Å². The van der Waals surface area contributed by atoms with E-state index in [2.05, 4.69) is 53.4 Å². The number of nitrogens with zero attached hydrogens (tertiary/aromatic N) is 5. The normalized spacial score (nSPS) is 19.4. The van der Waals surface area contributed by atoms with E-state index in [1.54, 1.807) is 12.4 Å². The molecule has 0 radical (unpaired) electrons. The summed E-state index contributed by atoms with van der Waals surface area (Å²) in [5.41, 5.74) is 4.45. The van der Waals surface area contributed by atoms with Gasteiger partial charge >= 0.3 is 6.43 Å². The number of nitrogens with one attached hydrogen (secondary N) is 1. The fraction of sp³-hybridized carbons (Fsp3) is 0.517. The highest BCUT2D eigenvalue weighted by atomic mass is 127. The van der Waals surface area contributed by atoms with Crippen molar-refractivity contribution in [3.05, 3.63) is 48.3 Å². The Balaban J connectivity index is 0.00000370. The Hall–Kier alpha value is -2.51. The Morgan fingerprint density at radius 1 is 1.12 bits per heavy atom. The van der Waals surface area contributed by atoms with Crippen molar-refractivity contribution in [2.75, 3.05) is 57.7 Å². The highest BCUT2D eigenvalue weighted by Crippen LogP contribution is 2.33. The van der Waals surface area contributed by atoms with Gasteiger partial charge in [0.05, 0.1) is 50.1 Å². The topological polar surface area (TPSA) is 80.2 Å². The zero-order valence-electron chi connectivity index (χ0n) is 23.0. The Morgan fingerprint density at radius 2 is 1.82 bits per heavy atom. The molecule has 0 unspecified atom stereocenters. The Kier molecular flexibility index (Phi) is 10.2. The molecule has 2 aliphatic heterocycles. The number of hydrogen-bond acceptors (Lipinski definition) is 6. The third-order valence-corrected chi connectivity index (χ3v) is 8.51. The first-order chi connectivity index (χ1) is 18.9. The van der Waals surface area contributed by atoms with E-state index in [0.29, 0.717) is 29.3 Å². The van der Waals surface area contributed by atoms with Crippen molar-refractivity contribution in [3.63, 3.8) is 0 Å². The van der Waals surface area contributed by atoms with Crippen LogP contribution in [-0.2, 0) is 9.53 Å². The highest BCUT2D eigenvalue weighted by Gasteiger charge is 2.32. The van der Waals surface area contributed by atoms with Crippen molar-refractivity contribution < 1.29 is 46.8 Å². The van der Waals surface area contributed by atoms with Crippen LogP contribution >= 0.6 is 0 Å². The number of likely N-dealkylation sites (tertiary alicyclic amines) is 1. The van der Waals surface area contributed by atoms with Gasteiger partial charge in [-0.3, -0.25) is 9.78 Å². The molecule has 1 atom stereocenters. The number of rotatable bonds is 8. The third kappa shape index (κ3) is 6.68. The second-order valence-corrected chi connectivity index (χ2v) is 10.6. The molecule has 4 heterocycles. The fourth-order valence-electron chi connectivity index (χ4n) is 5.87. The number of carbonyl (C=O) groups is 1. The van der Waals surface area contributed by atoms with Crippen LogP contribution in [0.15, 0.2) is 42.7 Å². The van der Waals surface area contributed by atoms with Gasteiger partial charge in [0, 0.05) is 50.4 Å². The molecule has 216 valence electrons. The summed E-state index contributed by atoms with van der Waals surface area (Å²) in [7, 11) is 0. The number of pyridine rings is 1. The molecule has 8 nitrogen and oxygen atoms in total. The molecule has 0 saturated carbocycles. The number of anilines is 1. The highest BCUT2D eigenvalue weighted by molar-refractivity contribution is 5.88. The lowest BCUT2D eigenvalue weighted by Crippen LogP contribution is -3.00. The molecule has 0 bridgehead atoms. The molecule has 0 aliphatic carbocycles. The number of halogens is 3. The Morgan fingerprint density at radius 3 is 2.50 bits per heavy atom. The monoisotopic (exact) mass is 666 g/mol. The third-order valence-electron chi connectivity index (χ3n) is 8.51. The SMILES string of the molecule is CC[N+]1(CC)CCC(c2ccc(-c3cc4nccnc4c(NC[C@@H]4CN(C(=O)C(F)F)CCO4)n3)cc2)CC1.[I-]. The van der Waals surface area contributed by atoms with E-state index in [1.807, 2.05) is 6.07 Å². The minimum Gasteiger partial charge on any atom is -1.00 e. The van der Waals surface area contributed by atoms with Crippen LogP contribution in [0.1, 0.15) is 38.2 Å². The summed E-state index contributed by atoms with van der Waals surface area (Å²) in [4.78, 5) is 26.7. The van der Waals surface area contributed by atoms with Gasteiger partial charge in [-0.25, -0.2) is 9.97 Å². The summed E-state index contributed by atoms with van der Waals surface area (Å²) in [6, 6.07) is 10.6. The molecule has 11 heteroatoms. The van der Waals surface area contributed by atoms with Crippen LogP contribution < -0.4 is 29.3 Å². The quantitative estimate of drug-likeness (QED) is 0.289. The first-order valence-electron chi connectivity index (χ1n) is 13.9. The molecule has 1 aromatic carbocycles. The fourth-order valence-corrected chi connectivity index (χ4v) is 5.87. The number of fused-ring (bicyclic) bond motifs is 1. The number of carbonyl (C=O) groups excluding carboxylic acids is 1. The molecule has 5 rings (SSSR count). The van der Waals surface area contributed by atoms with E-state index in [-0.39, 0.29) is 43.7 Å². The van der Waals surface area contributed by atoms with Crippen LogP contribution in [0.5, 0.6) is 0 Å².